The van der Waals surface area contributed by atoms with Gasteiger partial charge in [-0.25, -0.2) is 4.98 Å². The lowest BCUT2D eigenvalue weighted by Crippen LogP contribution is -1.95. The largest absolute Gasteiger partial charge is 0.497 e. The van der Waals surface area contributed by atoms with Gasteiger partial charge in [-0.15, -0.1) is 11.3 Å². The number of thiazole rings is 1. The van der Waals surface area contributed by atoms with Gasteiger partial charge in [-0.3, -0.25) is 5.43 Å². The highest BCUT2D eigenvalue weighted by Crippen LogP contribution is 2.35. The molecule has 0 saturated heterocycles. The molecule has 0 unspecified atom stereocenters. The van der Waals surface area contributed by atoms with E-state index in [9.17, 15) is 0 Å². The lowest BCUT2D eigenvalue weighted by molar-refractivity contribution is 0.340. The van der Waals surface area contributed by atoms with Crippen LogP contribution in [0.3, 0.4) is 0 Å². The van der Waals surface area contributed by atoms with Gasteiger partial charge in [0.2, 0.25) is 5.13 Å². The second-order valence-electron chi connectivity index (χ2n) is 5.72. The first-order valence-electron chi connectivity index (χ1n) is 8.64. The molecule has 1 N–H and O–H groups in total. The molecule has 0 fully saturated rings. The van der Waals surface area contributed by atoms with Crippen LogP contribution in [0, 0.1) is 0 Å². The van der Waals surface area contributed by atoms with E-state index in [0.29, 0.717) is 33.3 Å². The number of nitrogens with one attached hydrogen (secondary N) is 1. The minimum atomic E-state index is 0.434. The number of halogens is 2. The third-order valence-electron chi connectivity index (χ3n) is 3.87. The van der Waals surface area contributed by atoms with Crippen molar-refractivity contribution in [2.24, 2.45) is 5.10 Å². The van der Waals surface area contributed by atoms with Crippen LogP contribution < -0.4 is 19.6 Å². The molecule has 3 aromatic rings. The molecule has 29 heavy (non-hydrogen) atoms. The summed E-state index contributed by atoms with van der Waals surface area (Å²) in [6.07, 6.45) is 1.61. The number of aromatic nitrogens is 1. The van der Waals surface area contributed by atoms with Crippen molar-refractivity contribution in [3.63, 3.8) is 0 Å². The van der Waals surface area contributed by atoms with Crippen LogP contribution in [0.15, 0.2) is 40.8 Å². The number of hydrazone groups is 1. The van der Waals surface area contributed by atoms with Gasteiger partial charge in [0.05, 0.1) is 42.8 Å². The van der Waals surface area contributed by atoms with Crippen LogP contribution in [0.4, 0.5) is 5.13 Å². The number of hydrogen-bond acceptors (Lipinski definition) is 7. The Balaban J connectivity index is 1.73. The summed E-state index contributed by atoms with van der Waals surface area (Å²) in [5, 5.41) is 7.64. The highest BCUT2D eigenvalue weighted by molar-refractivity contribution is 7.14. The SMILES string of the molecule is CCOc1c(Cl)cc(/C=N\Nc2nc(-c3ccc(OC)cc3OC)cs2)cc1Cl. The first-order valence-corrected chi connectivity index (χ1v) is 10.3. The molecule has 0 aliphatic heterocycles. The number of rotatable bonds is 8. The van der Waals surface area contributed by atoms with E-state index in [1.54, 1.807) is 32.6 Å². The van der Waals surface area contributed by atoms with Gasteiger partial charge in [0.1, 0.15) is 11.5 Å². The van der Waals surface area contributed by atoms with E-state index in [-0.39, 0.29) is 0 Å². The molecule has 0 atom stereocenters. The molecule has 2 aromatic carbocycles. The molecule has 0 aliphatic carbocycles. The maximum absolute atomic E-state index is 6.21. The maximum atomic E-state index is 6.21. The summed E-state index contributed by atoms with van der Waals surface area (Å²) in [5.74, 6) is 1.87. The van der Waals surface area contributed by atoms with Gasteiger partial charge >= 0.3 is 0 Å². The third kappa shape index (κ3) is 5.12. The highest BCUT2D eigenvalue weighted by Gasteiger charge is 2.11. The van der Waals surface area contributed by atoms with E-state index in [0.717, 1.165) is 22.6 Å². The Morgan fingerprint density at radius 2 is 1.90 bits per heavy atom. The fraction of sp³-hybridized carbons (Fsp3) is 0.200. The zero-order valence-electron chi connectivity index (χ0n) is 16.0. The summed E-state index contributed by atoms with van der Waals surface area (Å²) in [5.41, 5.74) is 5.30. The van der Waals surface area contributed by atoms with Crippen LogP contribution in [0.2, 0.25) is 10.0 Å². The lowest BCUT2D eigenvalue weighted by atomic mass is 10.1. The molecule has 0 aliphatic rings. The van der Waals surface area contributed by atoms with Crippen LogP contribution in [0.25, 0.3) is 11.3 Å². The fourth-order valence-corrected chi connectivity index (χ4v) is 3.83. The van der Waals surface area contributed by atoms with Crippen molar-refractivity contribution < 1.29 is 14.2 Å². The first kappa shape index (κ1) is 21.2. The number of ether oxygens (including phenoxy) is 3. The molecule has 0 amide bonds. The molecule has 1 heterocycles. The van der Waals surface area contributed by atoms with Crippen molar-refractivity contribution in [1.29, 1.82) is 0 Å². The predicted octanol–water partition coefficient (Wildman–Crippen LogP) is 5.98. The van der Waals surface area contributed by atoms with E-state index in [1.807, 2.05) is 30.5 Å². The first-order chi connectivity index (χ1) is 14.0. The van der Waals surface area contributed by atoms with Crippen LogP contribution in [-0.4, -0.2) is 32.0 Å². The summed E-state index contributed by atoms with van der Waals surface area (Å²) in [7, 11) is 3.23. The Morgan fingerprint density at radius 3 is 2.55 bits per heavy atom. The van der Waals surface area contributed by atoms with Gasteiger partial charge in [0, 0.05) is 17.0 Å². The molecule has 6 nitrogen and oxygen atoms in total. The van der Waals surface area contributed by atoms with Crippen molar-refractivity contribution in [2.75, 3.05) is 26.3 Å². The summed E-state index contributed by atoms with van der Waals surface area (Å²) in [6.45, 7) is 2.36. The van der Waals surface area contributed by atoms with Crippen molar-refractivity contribution in [3.8, 4) is 28.5 Å². The molecule has 0 radical (unpaired) electrons. The average Bonchev–Trinajstić information content (AvgIpc) is 3.19. The Bertz CT molecular complexity index is 1000. The van der Waals surface area contributed by atoms with Gasteiger partial charge in [-0.05, 0) is 36.8 Å². The fourth-order valence-electron chi connectivity index (χ4n) is 2.56. The van der Waals surface area contributed by atoms with Crippen LogP contribution >= 0.6 is 34.5 Å². The van der Waals surface area contributed by atoms with E-state index < -0.39 is 0 Å². The molecule has 3 rings (SSSR count). The Hall–Kier alpha value is -2.48. The Labute approximate surface area is 183 Å². The van der Waals surface area contributed by atoms with Gasteiger partial charge in [0.15, 0.2) is 5.75 Å². The molecule has 0 spiro atoms. The summed E-state index contributed by atoms with van der Waals surface area (Å²) in [4.78, 5) is 4.55. The standard InChI is InChI=1S/C20H19Cl2N3O3S/c1-4-28-19-15(21)7-12(8-16(19)22)10-23-25-20-24-17(11-29-20)14-6-5-13(26-2)9-18(14)27-3/h5-11H,4H2,1-3H3,(H,24,25)/b23-10-. The number of methoxy groups -OCH3 is 2. The van der Waals surface area contributed by atoms with Gasteiger partial charge in [0.25, 0.3) is 0 Å². The normalized spacial score (nSPS) is 10.9. The van der Waals surface area contributed by atoms with E-state index >= 15 is 0 Å². The van der Waals surface area contributed by atoms with Crippen LogP contribution in [0.1, 0.15) is 12.5 Å². The zero-order valence-corrected chi connectivity index (χ0v) is 18.4. The second-order valence-corrected chi connectivity index (χ2v) is 7.39. The Kier molecular flexibility index (Phi) is 7.19. The number of nitrogens with zero attached hydrogens (tertiary/aromatic N) is 2. The molecular weight excluding hydrogens is 433 g/mol. The van der Waals surface area contributed by atoms with Crippen molar-refractivity contribution >= 4 is 45.9 Å². The summed E-state index contributed by atoms with van der Waals surface area (Å²) in [6, 6.07) is 9.06. The van der Waals surface area contributed by atoms with Crippen molar-refractivity contribution in [2.45, 2.75) is 6.92 Å². The highest BCUT2D eigenvalue weighted by atomic mass is 35.5. The van der Waals surface area contributed by atoms with Gasteiger partial charge in [-0.2, -0.15) is 5.10 Å². The topological polar surface area (TPSA) is 65.0 Å². The Morgan fingerprint density at radius 1 is 1.14 bits per heavy atom. The molecule has 0 bridgehead atoms. The predicted molar refractivity (Wildman–Crippen MR) is 120 cm³/mol. The van der Waals surface area contributed by atoms with Gasteiger partial charge < -0.3 is 14.2 Å². The second kappa shape index (κ2) is 9.82. The smallest absolute Gasteiger partial charge is 0.203 e. The van der Waals surface area contributed by atoms with E-state index in [4.69, 9.17) is 37.4 Å². The minimum absolute atomic E-state index is 0.434. The molecule has 0 saturated carbocycles. The minimum Gasteiger partial charge on any atom is -0.497 e. The lowest BCUT2D eigenvalue weighted by Gasteiger charge is -2.08. The number of anilines is 1. The number of benzene rings is 2. The quantitative estimate of drug-likeness (QED) is 0.337. The average molecular weight is 452 g/mol. The molecule has 1 aromatic heterocycles. The van der Waals surface area contributed by atoms with Crippen LogP contribution in [-0.2, 0) is 0 Å². The van der Waals surface area contributed by atoms with E-state index in [1.165, 1.54) is 11.3 Å². The van der Waals surface area contributed by atoms with Crippen molar-refractivity contribution in [1.82, 2.24) is 4.98 Å². The maximum Gasteiger partial charge on any atom is 0.203 e. The van der Waals surface area contributed by atoms with E-state index in [2.05, 4.69) is 15.5 Å². The third-order valence-corrected chi connectivity index (χ3v) is 5.18. The van der Waals surface area contributed by atoms with Gasteiger partial charge in [-0.1, -0.05) is 23.2 Å². The summed E-state index contributed by atoms with van der Waals surface area (Å²) >= 11 is 13.8. The zero-order chi connectivity index (χ0) is 20.8. The monoisotopic (exact) mass is 451 g/mol. The molecular formula is C20H19Cl2N3O3S. The van der Waals surface area contributed by atoms with Crippen molar-refractivity contribution in [3.05, 3.63) is 51.3 Å². The molecule has 152 valence electrons. The number of hydrogen-bond donors (Lipinski definition) is 1. The molecule has 9 heteroatoms. The van der Waals surface area contributed by atoms with Crippen LogP contribution in [0.5, 0.6) is 17.2 Å². The summed E-state index contributed by atoms with van der Waals surface area (Å²) < 4.78 is 16.1.